The summed E-state index contributed by atoms with van der Waals surface area (Å²) in [5.41, 5.74) is 2.27. The molecule has 0 bridgehead atoms. The third-order valence-corrected chi connectivity index (χ3v) is 4.79. The van der Waals surface area contributed by atoms with Crippen LogP contribution in [0, 0.1) is 12.8 Å². The van der Waals surface area contributed by atoms with Crippen molar-refractivity contribution in [2.75, 3.05) is 19.6 Å². The van der Waals surface area contributed by atoms with Crippen molar-refractivity contribution >= 4 is 12.0 Å². The summed E-state index contributed by atoms with van der Waals surface area (Å²) in [6.07, 6.45) is 3.32. The van der Waals surface area contributed by atoms with Crippen LogP contribution in [-0.4, -0.2) is 46.3 Å². The molecular weight excluding hydrogens is 344 g/mol. The van der Waals surface area contributed by atoms with Gasteiger partial charge in [0.2, 0.25) is 0 Å². The molecule has 7 nitrogen and oxygen atoms in total. The highest BCUT2D eigenvalue weighted by molar-refractivity contribution is 5.95. The summed E-state index contributed by atoms with van der Waals surface area (Å²) in [5, 5.41) is 7.16. The number of aromatic nitrogens is 2. The number of carbonyl (C=O) groups is 2. The van der Waals surface area contributed by atoms with Crippen molar-refractivity contribution in [3.05, 3.63) is 53.3 Å². The second kappa shape index (κ2) is 8.70. The van der Waals surface area contributed by atoms with E-state index in [-0.39, 0.29) is 24.5 Å². The number of likely N-dealkylation sites (tertiary alicyclic amines) is 1. The standard InChI is InChI=1S/C20H26N4O3/c1-15-18(13-23(2)22-15)19(25)21-11-17-9-6-10-24(12-17)20(26)27-14-16-7-4-3-5-8-16/h3-5,7-8,13,17H,6,9-12,14H2,1-2H3,(H,21,25)/t17-/m0/s1. The first kappa shape index (κ1) is 18.9. The van der Waals surface area contributed by atoms with Crippen LogP contribution in [-0.2, 0) is 18.4 Å². The minimum Gasteiger partial charge on any atom is -0.445 e. The summed E-state index contributed by atoms with van der Waals surface area (Å²) in [6, 6.07) is 9.64. The van der Waals surface area contributed by atoms with Crippen molar-refractivity contribution < 1.29 is 14.3 Å². The molecule has 0 spiro atoms. The highest BCUT2D eigenvalue weighted by Gasteiger charge is 2.25. The fourth-order valence-corrected chi connectivity index (χ4v) is 3.36. The SMILES string of the molecule is Cc1nn(C)cc1C(=O)NC[C@@H]1CCCN(C(=O)OCc2ccccc2)C1. The Hall–Kier alpha value is -2.83. The Kier molecular flexibility index (Phi) is 6.11. The maximum atomic E-state index is 12.3. The molecule has 7 heteroatoms. The van der Waals surface area contributed by atoms with E-state index in [9.17, 15) is 9.59 Å². The lowest BCUT2D eigenvalue weighted by molar-refractivity contribution is 0.0776. The van der Waals surface area contributed by atoms with Gasteiger partial charge >= 0.3 is 6.09 Å². The zero-order chi connectivity index (χ0) is 19.2. The molecular formula is C20H26N4O3. The summed E-state index contributed by atoms with van der Waals surface area (Å²) in [4.78, 5) is 26.4. The highest BCUT2D eigenvalue weighted by Crippen LogP contribution is 2.17. The van der Waals surface area contributed by atoms with Crippen molar-refractivity contribution in [2.24, 2.45) is 13.0 Å². The van der Waals surface area contributed by atoms with Crippen molar-refractivity contribution in [3.63, 3.8) is 0 Å². The molecule has 1 N–H and O–H groups in total. The quantitative estimate of drug-likeness (QED) is 0.877. The Morgan fingerprint density at radius 2 is 2.07 bits per heavy atom. The normalized spacial score (nSPS) is 16.8. The van der Waals surface area contributed by atoms with E-state index in [2.05, 4.69) is 10.4 Å². The second-order valence-electron chi connectivity index (χ2n) is 7.01. The molecule has 2 amide bonds. The average Bonchev–Trinajstić information content (AvgIpc) is 3.03. The van der Waals surface area contributed by atoms with E-state index in [0.29, 0.717) is 30.9 Å². The molecule has 0 unspecified atom stereocenters. The van der Waals surface area contributed by atoms with Crippen LogP contribution >= 0.6 is 0 Å². The predicted molar refractivity (Wildman–Crippen MR) is 101 cm³/mol. The second-order valence-corrected chi connectivity index (χ2v) is 7.01. The first-order valence-corrected chi connectivity index (χ1v) is 9.27. The molecule has 0 radical (unpaired) electrons. The molecule has 1 aliphatic rings. The number of aryl methyl sites for hydroxylation is 2. The number of hydrogen-bond acceptors (Lipinski definition) is 4. The molecule has 0 aliphatic carbocycles. The van der Waals surface area contributed by atoms with Gasteiger partial charge in [-0.1, -0.05) is 30.3 Å². The van der Waals surface area contributed by atoms with Gasteiger partial charge in [0, 0.05) is 32.9 Å². The Morgan fingerprint density at radius 3 is 2.78 bits per heavy atom. The molecule has 27 heavy (non-hydrogen) atoms. The Morgan fingerprint density at radius 1 is 1.30 bits per heavy atom. The molecule has 1 aliphatic heterocycles. The van der Waals surface area contributed by atoms with Crippen LogP contribution < -0.4 is 5.32 Å². The van der Waals surface area contributed by atoms with Crippen LogP contribution in [0.15, 0.2) is 36.5 Å². The first-order valence-electron chi connectivity index (χ1n) is 9.27. The number of ether oxygens (including phenoxy) is 1. The lowest BCUT2D eigenvalue weighted by atomic mass is 9.98. The van der Waals surface area contributed by atoms with E-state index in [1.165, 1.54) is 0 Å². The largest absolute Gasteiger partial charge is 0.445 e. The van der Waals surface area contributed by atoms with Crippen molar-refractivity contribution in [2.45, 2.75) is 26.4 Å². The van der Waals surface area contributed by atoms with Gasteiger partial charge in [0.15, 0.2) is 0 Å². The molecule has 2 heterocycles. The molecule has 1 saturated heterocycles. The molecule has 1 aromatic heterocycles. The van der Waals surface area contributed by atoms with Gasteiger partial charge in [-0.25, -0.2) is 4.79 Å². The van der Waals surface area contributed by atoms with Crippen LogP contribution in [0.3, 0.4) is 0 Å². The van der Waals surface area contributed by atoms with Gasteiger partial charge in [0.05, 0.1) is 11.3 Å². The van der Waals surface area contributed by atoms with E-state index in [1.54, 1.807) is 22.8 Å². The third kappa shape index (κ3) is 5.09. The van der Waals surface area contributed by atoms with Gasteiger partial charge in [0.1, 0.15) is 6.61 Å². The minimum absolute atomic E-state index is 0.121. The Bertz CT molecular complexity index is 788. The fourth-order valence-electron chi connectivity index (χ4n) is 3.36. The van der Waals surface area contributed by atoms with E-state index in [1.807, 2.05) is 37.3 Å². The molecule has 1 aromatic carbocycles. The average molecular weight is 370 g/mol. The summed E-state index contributed by atoms with van der Waals surface area (Å²) in [6.45, 7) is 3.92. The monoisotopic (exact) mass is 370 g/mol. The van der Waals surface area contributed by atoms with E-state index in [0.717, 1.165) is 18.4 Å². The Balaban J connectivity index is 1.46. The summed E-state index contributed by atoms with van der Waals surface area (Å²) in [5.74, 6) is 0.105. The Labute approximate surface area is 159 Å². The van der Waals surface area contributed by atoms with Crippen LogP contribution in [0.25, 0.3) is 0 Å². The van der Waals surface area contributed by atoms with Gasteiger partial charge in [-0.3, -0.25) is 9.48 Å². The number of amides is 2. The van der Waals surface area contributed by atoms with Gasteiger partial charge in [0.25, 0.3) is 5.91 Å². The van der Waals surface area contributed by atoms with Gasteiger partial charge in [-0.05, 0) is 31.2 Å². The number of carbonyl (C=O) groups excluding carboxylic acids is 2. The van der Waals surface area contributed by atoms with Gasteiger partial charge < -0.3 is 15.0 Å². The number of benzene rings is 1. The number of piperidine rings is 1. The number of nitrogens with one attached hydrogen (secondary N) is 1. The van der Waals surface area contributed by atoms with Crippen molar-refractivity contribution in [3.8, 4) is 0 Å². The smallest absolute Gasteiger partial charge is 0.410 e. The summed E-state index contributed by atoms with van der Waals surface area (Å²) < 4.78 is 7.05. The van der Waals surface area contributed by atoms with Crippen LogP contribution in [0.4, 0.5) is 4.79 Å². The van der Waals surface area contributed by atoms with E-state index in [4.69, 9.17) is 4.74 Å². The topological polar surface area (TPSA) is 76.5 Å². The highest BCUT2D eigenvalue weighted by atomic mass is 16.6. The van der Waals surface area contributed by atoms with Crippen molar-refractivity contribution in [1.29, 1.82) is 0 Å². The maximum absolute atomic E-state index is 12.3. The molecule has 2 aromatic rings. The van der Waals surface area contributed by atoms with Crippen LogP contribution in [0.5, 0.6) is 0 Å². The number of hydrogen-bond donors (Lipinski definition) is 1. The molecule has 3 rings (SSSR count). The molecule has 1 atom stereocenters. The third-order valence-electron chi connectivity index (χ3n) is 4.79. The maximum Gasteiger partial charge on any atom is 0.410 e. The van der Waals surface area contributed by atoms with Crippen molar-refractivity contribution in [1.82, 2.24) is 20.0 Å². The fraction of sp³-hybridized carbons (Fsp3) is 0.450. The van der Waals surface area contributed by atoms with Crippen LogP contribution in [0.1, 0.15) is 34.5 Å². The first-order chi connectivity index (χ1) is 13.0. The molecule has 144 valence electrons. The summed E-state index contributed by atoms with van der Waals surface area (Å²) in [7, 11) is 1.80. The lowest BCUT2D eigenvalue weighted by Gasteiger charge is -2.32. The van der Waals surface area contributed by atoms with Gasteiger partial charge in [-0.15, -0.1) is 0 Å². The molecule has 1 fully saturated rings. The summed E-state index contributed by atoms with van der Waals surface area (Å²) >= 11 is 0. The van der Waals surface area contributed by atoms with E-state index >= 15 is 0 Å². The number of rotatable bonds is 5. The zero-order valence-corrected chi connectivity index (χ0v) is 15.9. The predicted octanol–water partition coefficient (Wildman–Crippen LogP) is 2.51. The zero-order valence-electron chi connectivity index (χ0n) is 15.9. The number of nitrogens with zero attached hydrogens (tertiary/aromatic N) is 3. The molecule has 0 saturated carbocycles. The lowest BCUT2D eigenvalue weighted by Crippen LogP contribution is -2.43. The van der Waals surface area contributed by atoms with Crippen LogP contribution in [0.2, 0.25) is 0 Å². The van der Waals surface area contributed by atoms with E-state index < -0.39 is 0 Å². The minimum atomic E-state index is -0.294. The van der Waals surface area contributed by atoms with Gasteiger partial charge in [-0.2, -0.15) is 5.10 Å².